The third-order valence-corrected chi connectivity index (χ3v) is 4.61. The van der Waals surface area contributed by atoms with Crippen molar-refractivity contribution in [3.8, 4) is 5.75 Å². The molecule has 0 unspecified atom stereocenters. The van der Waals surface area contributed by atoms with Crippen molar-refractivity contribution in [1.29, 1.82) is 0 Å². The Balaban J connectivity index is 1.64. The molecule has 0 bridgehead atoms. The molecule has 1 aliphatic heterocycles. The van der Waals surface area contributed by atoms with Gasteiger partial charge in [-0.1, -0.05) is 12.1 Å². The number of ether oxygens (including phenoxy) is 1. The van der Waals surface area contributed by atoms with Crippen LogP contribution in [-0.2, 0) is 4.79 Å². The number of nitrogens with zero attached hydrogens (tertiary/aromatic N) is 3. The van der Waals surface area contributed by atoms with Gasteiger partial charge in [0.2, 0.25) is 0 Å². The van der Waals surface area contributed by atoms with Gasteiger partial charge in [-0.05, 0) is 31.0 Å². The number of nitrogens with one attached hydrogen (secondary N) is 2. The zero-order valence-electron chi connectivity index (χ0n) is 16.1. The van der Waals surface area contributed by atoms with Crippen LogP contribution in [0.25, 0.3) is 0 Å². The van der Waals surface area contributed by atoms with Crippen LogP contribution in [0.1, 0.15) is 18.4 Å². The molecular formula is C20H23N5O4. The number of carbonyl (C=O) groups excluding carboxylic acids is 1. The molecule has 2 aromatic rings. The summed E-state index contributed by atoms with van der Waals surface area (Å²) in [4.78, 5) is 24.9. The molecule has 1 heterocycles. The first-order valence-corrected chi connectivity index (χ1v) is 9.30. The molecule has 1 saturated heterocycles. The Kier molecular flexibility index (Phi) is 6.62. The van der Waals surface area contributed by atoms with Gasteiger partial charge < -0.3 is 15.0 Å². The molecule has 29 heavy (non-hydrogen) atoms. The normalized spacial score (nSPS) is 13.5. The van der Waals surface area contributed by atoms with Crippen molar-refractivity contribution >= 4 is 29.2 Å². The van der Waals surface area contributed by atoms with Crippen molar-refractivity contribution in [2.45, 2.75) is 12.8 Å². The van der Waals surface area contributed by atoms with E-state index < -0.39 is 4.92 Å². The largest absolute Gasteiger partial charge is 0.495 e. The number of nitro benzene ring substituents is 1. The van der Waals surface area contributed by atoms with Gasteiger partial charge in [0.15, 0.2) is 0 Å². The highest BCUT2D eigenvalue weighted by Gasteiger charge is 2.18. The monoisotopic (exact) mass is 397 g/mol. The number of non-ortho nitro benzene ring substituents is 1. The molecule has 152 valence electrons. The van der Waals surface area contributed by atoms with Crippen molar-refractivity contribution in [1.82, 2.24) is 5.43 Å². The number of benzene rings is 2. The van der Waals surface area contributed by atoms with E-state index in [4.69, 9.17) is 4.74 Å². The van der Waals surface area contributed by atoms with Crippen molar-refractivity contribution in [3.63, 3.8) is 0 Å². The summed E-state index contributed by atoms with van der Waals surface area (Å²) >= 11 is 0. The average Bonchev–Trinajstić information content (AvgIpc) is 3.27. The summed E-state index contributed by atoms with van der Waals surface area (Å²) in [6, 6.07) is 12.0. The van der Waals surface area contributed by atoms with E-state index in [2.05, 4.69) is 20.7 Å². The maximum Gasteiger partial charge on any atom is 0.270 e. The van der Waals surface area contributed by atoms with Gasteiger partial charge >= 0.3 is 0 Å². The molecule has 0 atom stereocenters. The van der Waals surface area contributed by atoms with E-state index >= 15 is 0 Å². The number of rotatable bonds is 8. The van der Waals surface area contributed by atoms with Crippen LogP contribution in [0.15, 0.2) is 47.6 Å². The van der Waals surface area contributed by atoms with Gasteiger partial charge in [-0.15, -0.1) is 0 Å². The van der Waals surface area contributed by atoms with E-state index in [1.54, 1.807) is 25.3 Å². The summed E-state index contributed by atoms with van der Waals surface area (Å²) in [5, 5.41) is 18.1. The molecule has 1 amide bonds. The standard InChI is InChI=1S/C20H23N5O4/c1-29-19-7-3-2-6-17(19)21-14-20(26)23-22-13-15-12-16(25(27)28)8-9-18(15)24-10-4-5-11-24/h2-3,6-9,12-13,21H,4-5,10-11,14H2,1H3,(H,23,26). The molecule has 0 saturated carbocycles. The van der Waals surface area contributed by atoms with Crippen LogP contribution < -0.4 is 20.4 Å². The van der Waals surface area contributed by atoms with E-state index in [1.165, 1.54) is 18.3 Å². The van der Waals surface area contributed by atoms with Crippen molar-refractivity contribution in [2.75, 3.05) is 37.0 Å². The minimum Gasteiger partial charge on any atom is -0.495 e. The summed E-state index contributed by atoms with van der Waals surface area (Å²) in [7, 11) is 1.56. The fourth-order valence-corrected chi connectivity index (χ4v) is 3.18. The SMILES string of the molecule is COc1ccccc1NCC(=O)NN=Cc1cc([N+](=O)[O-])ccc1N1CCCC1. The number of amides is 1. The number of hydrazone groups is 1. The lowest BCUT2D eigenvalue weighted by atomic mass is 10.1. The average molecular weight is 397 g/mol. The Morgan fingerprint density at radius 2 is 2.03 bits per heavy atom. The number of methoxy groups -OCH3 is 1. The predicted molar refractivity (Wildman–Crippen MR) is 112 cm³/mol. The van der Waals surface area contributed by atoms with E-state index in [1.807, 2.05) is 12.1 Å². The molecule has 0 aliphatic carbocycles. The van der Waals surface area contributed by atoms with Gasteiger partial charge in [0, 0.05) is 36.5 Å². The lowest BCUT2D eigenvalue weighted by molar-refractivity contribution is -0.384. The van der Waals surface area contributed by atoms with Crippen molar-refractivity contribution < 1.29 is 14.5 Å². The molecule has 9 heteroatoms. The van der Waals surface area contributed by atoms with Gasteiger partial charge in [-0.2, -0.15) is 5.10 Å². The number of hydrogen-bond acceptors (Lipinski definition) is 7. The summed E-state index contributed by atoms with van der Waals surface area (Å²) in [6.45, 7) is 1.80. The lowest BCUT2D eigenvalue weighted by Gasteiger charge is -2.19. The third kappa shape index (κ3) is 5.22. The number of carbonyl (C=O) groups is 1. The first-order chi connectivity index (χ1) is 14.1. The number of nitro groups is 1. The minimum absolute atomic E-state index is 0.00559. The van der Waals surface area contributed by atoms with Crippen LogP contribution in [0.5, 0.6) is 5.75 Å². The summed E-state index contributed by atoms with van der Waals surface area (Å²) in [5.41, 5.74) is 4.60. The molecular weight excluding hydrogens is 374 g/mol. The fourth-order valence-electron chi connectivity index (χ4n) is 3.18. The molecule has 2 N–H and O–H groups in total. The molecule has 2 aromatic carbocycles. The Hall–Kier alpha value is -3.62. The second-order valence-electron chi connectivity index (χ2n) is 6.54. The first-order valence-electron chi connectivity index (χ1n) is 9.30. The quantitative estimate of drug-likeness (QED) is 0.403. The molecule has 1 fully saturated rings. The Labute approximate surface area is 168 Å². The van der Waals surface area contributed by atoms with E-state index in [0.29, 0.717) is 17.0 Å². The third-order valence-electron chi connectivity index (χ3n) is 4.61. The second-order valence-corrected chi connectivity index (χ2v) is 6.54. The van der Waals surface area contributed by atoms with Crippen molar-refractivity contribution in [3.05, 3.63) is 58.1 Å². The number of hydrogen-bond donors (Lipinski definition) is 2. The molecule has 0 spiro atoms. The highest BCUT2D eigenvalue weighted by molar-refractivity contribution is 5.90. The van der Waals surface area contributed by atoms with Crippen LogP contribution in [-0.4, -0.2) is 43.8 Å². The minimum atomic E-state index is -0.444. The second kappa shape index (κ2) is 9.54. The van der Waals surface area contributed by atoms with Crippen LogP contribution in [0, 0.1) is 10.1 Å². The van der Waals surface area contributed by atoms with Crippen LogP contribution in [0.4, 0.5) is 17.1 Å². The van der Waals surface area contributed by atoms with Gasteiger partial charge in [-0.3, -0.25) is 14.9 Å². The first kappa shape index (κ1) is 20.1. The molecule has 0 aromatic heterocycles. The predicted octanol–water partition coefficient (Wildman–Crippen LogP) is 2.77. The topological polar surface area (TPSA) is 109 Å². The Morgan fingerprint density at radius 3 is 2.76 bits per heavy atom. The smallest absolute Gasteiger partial charge is 0.270 e. The Morgan fingerprint density at radius 1 is 1.28 bits per heavy atom. The van der Waals surface area contributed by atoms with Crippen LogP contribution in [0.3, 0.4) is 0 Å². The molecule has 3 rings (SSSR count). The highest BCUT2D eigenvalue weighted by Crippen LogP contribution is 2.27. The maximum atomic E-state index is 12.1. The Bertz CT molecular complexity index is 909. The van der Waals surface area contributed by atoms with Crippen LogP contribution in [0.2, 0.25) is 0 Å². The molecule has 0 radical (unpaired) electrons. The summed E-state index contributed by atoms with van der Waals surface area (Å²) in [5.74, 6) is 0.288. The zero-order chi connectivity index (χ0) is 20.6. The summed E-state index contributed by atoms with van der Waals surface area (Å²) in [6.07, 6.45) is 3.61. The van der Waals surface area contributed by atoms with Gasteiger partial charge in [-0.25, -0.2) is 5.43 Å². The van der Waals surface area contributed by atoms with E-state index in [0.717, 1.165) is 31.6 Å². The maximum absolute atomic E-state index is 12.1. The summed E-state index contributed by atoms with van der Waals surface area (Å²) < 4.78 is 5.23. The van der Waals surface area contributed by atoms with Gasteiger partial charge in [0.05, 0.1) is 30.5 Å². The van der Waals surface area contributed by atoms with Crippen molar-refractivity contribution in [2.24, 2.45) is 5.10 Å². The fraction of sp³-hybridized carbons (Fsp3) is 0.300. The van der Waals surface area contributed by atoms with E-state index in [9.17, 15) is 14.9 Å². The van der Waals surface area contributed by atoms with E-state index in [-0.39, 0.29) is 18.1 Å². The number of para-hydroxylation sites is 2. The highest BCUT2D eigenvalue weighted by atomic mass is 16.6. The number of anilines is 2. The molecule has 1 aliphatic rings. The van der Waals surface area contributed by atoms with Gasteiger partial charge in [0.25, 0.3) is 11.6 Å². The van der Waals surface area contributed by atoms with Gasteiger partial charge in [0.1, 0.15) is 5.75 Å². The van der Waals surface area contributed by atoms with Crippen LogP contribution >= 0.6 is 0 Å². The molecule has 9 nitrogen and oxygen atoms in total. The zero-order valence-corrected chi connectivity index (χ0v) is 16.1. The lowest BCUT2D eigenvalue weighted by Crippen LogP contribution is -2.26.